The standard InChI is InChI=1S/C9H10F2N2O2/c1-15-9(14)6-2-3-12-8(4-6)13-5-7(10)11/h2-4,7H,5H2,1H3,(H,12,13). The Labute approximate surface area is 85.3 Å². The van der Waals surface area contributed by atoms with Crippen molar-refractivity contribution >= 4 is 11.8 Å². The second-order valence-electron chi connectivity index (χ2n) is 2.69. The quantitative estimate of drug-likeness (QED) is 0.776. The fourth-order valence-corrected chi connectivity index (χ4v) is 0.954. The van der Waals surface area contributed by atoms with Gasteiger partial charge in [-0.1, -0.05) is 0 Å². The minimum Gasteiger partial charge on any atom is -0.465 e. The van der Waals surface area contributed by atoms with Gasteiger partial charge in [-0.05, 0) is 12.1 Å². The first-order valence-electron chi connectivity index (χ1n) is 4.20. The molecule has 1 rings (SSSR count). The Bertz CT molecular complexity index is 345. The molecule has 1 aromatic rings. The van der Waals surface area contributed by atoms with E-state index < -0.39 is 18.9 Å². The second kappa shape index (κ2) is 5.23. The van der Waals surface area contributed by atoms with E-state index in [0.29, 0.717) is 0 Å². The molecular weight excluding hydrogens is 206 g/mol. The van der Waals surface area contributed by atoms with Gasteiger partial charge in [-0.25, -0.2) is 18.6 Å². The summed E-state index contributed by atoms with van der Waals surface area (Å²) in [6, 6.07) is 2.80. The van der Waals surface area contributed by atoms with E-state index in [1.165, 1.54) is 25.4 Å². The van der Waals surface area contributed by atoms with Crippen LogP contribution in [-0.4, -0.2) is 31.0 Å². The van der Waals surface area contributed by atoms with Crippen LogP contribution in [0.15, 0.2) is 18.3 Å². The molecule has 0 aliphatic heterocycles. The number of ether oxygens (including phenoxy) is 1. The van der Waals surface area contributed by atoms with Crippen molar-refractivity contribution in [3.8, 4) is 0 Å². The first-order chi connectivity index (χ1) is 7.13. The van der Waals surface area contributed by atoms with Gasteiger partial charge < -0.3 is 10.1 Å². The molecule has 0 atom stereocenters. The average molecular weight is 216 g/mol. The second-order valence-corrected chi connectivity index (χ2v) is 2.69. The number of pyridine rings is 1. The number of halogens is 2. The Balaban J connectivity index is 2.70. The molecule has 15 heavy (non-hydrogen) atoms. The number of alkyl halides is 2. The SMILES string of the molecule is COC(=O)c1ccnc(NCC(F)F)c1. The van der Waals surface area contributed by atoms with Gasteiger partial charge in [-0.3, -0.25) is 0 Å². The van der Waals surface area contributed by atoms with Crippen molar-refractivity contribution in [3.05, 3.63) is 23.9 Å². The minimum atomic E-state index is -2.46. The summed E-state index contributed by atoms with van der Waals surface area (Å²) >= 11 is 0. The average Bonchev–Trinajstić information content (AvgIpc) is 2.25. The van der Waals surface area contributed by atoms with E-state index in [1.807, 2.05) is 0 Å². The smallest absolute Gasteiger partial charge is 0.338 e. The molecule has 0 amide bonds. The molecule has 1 aromatic heterocycles. The van der Waals surface area contributed by atoms with Gasteiger partial charge in [-0.2, -0.15) is 0 Å². The summed E-state index contributed by atoms with van der Waals surface area (Å²) in [7, 11) is 1.25. The normalized spacial score (nSPS) is 10.1. The van der Waals surface area contributed by atoms with Crippen LogP contribution >= 0.6 is 0 Å². The van der Waals surface area contributed by atoms with E-state index in [9.17, 15) is 13.6 Å². The Morgan fingerprint density at radius 3 is 3.00 bits per heavy atom. The zero-order valence-corrected chi connectivity index (χ0v) is 8.04. The lowest BCUT2D eigenvalue weighted by Gasteiger charge is -2.05. The third-order valence-electron chi connectivity index (χ3n) is 1.62. The van der Waals surface area contributed by atoms with Crippen LogP contribution in [0, 0.1) is 0 Å². The van der Waals surface area contributed by atoms with Crippen LogP contribution in [0.25, 0.3) is 0 Å². The molecule has 4 nitrogen and oxygen atoms in total. The van der Waals surface area contributed by atoms with Crippen molar-refractivity contribution in [1.29, 1.82) is 0 Å². The number of methoxy groups -OCH3 is 1. The molecule has 0 aromatic carbocycles. The summed E-state index contributed by atoms with van der Waals surface area (Å²) in [6.07, 6.45) is -1.12. The molecule has 1 N–H and O–H groups in total. The van der Waals surface area contributed by atoms with E-state index >= 15 is 0 Å². The highest BCUT2D eigenvalue weighted by atomic mass is 19.3. The van der Waals surface area contributed by atoms with Crippen LogP contribution in [0.3, 0.4) is 0 Å². The van der Waals surface area contributed by atoms with Gasteiger partial charge in [0, 0.05) is 6.20 Å². The van der Waals surface area contributed by atoms with E-state index in [2.05, 4.69) is 15.0 Å². The molecule has 0 saturated carbocycles. The number of carbonyl (C=O) groups excluding carboxylic acids is 1. The highest BCUT2D eigenvalue weighted by molar-refractivity contribution is 5.89. The van der Waals surface area contributed by atoms with Crippen LogP contribution in [0.5, 0.6) is 0 Å². The number of rotatable bonds is 4. The molecule has 0 saturated heterocycles. The predicted molar refractivity (Wildman–Crippen MR) is 50.1 cm³/mol. The maximum absolute atomic E-state index is 11.9. The third kappa shape index (κ3) is 3.49. The molecule has 1 heterocycles. The number of nitrogens with one attached hydrogen (secondary N) is 1. The van der Waals surface area contributed by atoms with Crippen molar-refractivity contribution in [2.24, 2.45) is 0 Å². The van der Waals surface area contributed by atoms with Gasteiger partial charge in [-0.15, -0.1) is 0 Å². The van der Waals surface area contributed by atoms with E-state index in [1.54, 1.807) is 0 Å². The number of anilines is 1. The molecule has 0 aliphatic rings. The number of aromatic nitrogens is 1. The molecular formula is C9H10F2N2O2. The number of hydrogen-bond donors (Lipinski definition) is 1. The number of esters is 1. The fraction of sp³-hybridized carbons (Fsp3) is 0.333. The van der Waals surface area contributed by atoms with Crippen LogP contribution in [-0.2, 0) is 4.74 Å². The van der Waals surface area contributed by atoms with Crippen molar-refractivity contribution < 1.29 is 18.3 Å². The molecule has 0 bridgehead atoms. The van der Waals surface area contributed by atoms with Gasteiger partial charge in [0.1, 0.15) is 5.82 Å². The number of hydrogen-bond acceptors (Lipinski definition) is 4. The van der Waals surface area contributed by atoms with Gasteiger partial charge in [0.15, 0.2) is 0 Å². The fourth-order valence-electron chi connectivity index (χ4n) is 0.954. The molecule has 0 fully saturated rings. The van der Waals surface area contributed by atoms with Gasteiger partial charge in [0.05, 0.1) is 19.2 Å². The van der Waals surface area contributed by atoms with Crippen LogP contribution in [0.2, 0.25) is 0 Å². The zero-order valence-electron chi connectivity index (χ0n) is 8.04. The summed E-state index contributed by atoms with van der Waals surface area (Å²) in [5.41, 5.74) is 0.268. The number of carbonyl (C=O) groups is 1. The van der Waals surface area contributed by atoms with E-state index in [0.717, 1.165) is 0 Å². The van der Waals surface area contributed by atoms with Gasteiger partial charge in [0.25, 0.3) is 6.43 Å². The van der Waals surface area contributed by atoms with Gasteiger partial charge >= 0.3 is 5.97 Å². The first kappa shape index (κ1) is 11.4. The summed E-state index contributed by atoms with van der Waals surface area (Å²) < 4.78 is 28.2. The largest absolute Gasteiger partial charge is 0.465 e. The lowest BCUT2D eigenvalue weighted by molar-refractivity contribution is 0.0600. The maximum Gasteiger partial charge on any atom is 0.338 e. The predicted octanol–water partition coefficient (Wildman–Crippen LogP) is 1.55. The van der Waals surface area contributed by atoms with Crippen molar-refractivity contribution in [3.63, 3.8) is 0 Å². The van der Waals surface area contributed by atoms with Crippen molar-refractivity contribution in [1.82, 2.24) is 4.98 Å². The van der Waals surface area contributed by atoms with E-state index in [-0.39, 0.29) is 11.4 Å². The highest BCUT2D eigenvalue weighted by Gasteiger charge is 2.07. The minimum absolute atomic E-state index is 0.221. The monoisotopic (exact) mass is 216 g/mol. The Kier molecular flexibility index (Phi) is 3.96. The Morgan fingerprint density at radius 2 is 2.40 bits per heavy atom. The number of nitrogens with zero attached hydrogens (tertiary/aromatic N) is 1. The lowest BCUT2D eigenvalue weighted by atomic mass is 10.2. The van der Waals surface area contributed by atoms with Crippen molar-refractivity contribution in [2.45, 2.75) is 6.43 Å². The van der Waals surface area contributed by atoms with Crippen LogP contribution in [0.4, 0.5) is 14.6 Å². The topological polar surface area (TPSA) is 51.2 Å². The molecule has 0 spiro atoms. The molecule has 0 unspecified atom stereocenters. The highest BCUT2D eigenvalue weighted by Crippen LogP contribution is 2.08. The van der Waals surface area contributed by atoms with Crippen LogP contribution < -0.4 is 5.32 Å². The lowest BCUT2D eigenvalue weighted by Crippen LogP contribution is -2.12. The molecule has 0 aliphatic carbocycles. The van der Waals surface area contributed by atoms with Crippen LogP contribution in [0.1, 0.15) is 10.4 Å². The third-order valence-corrected chi connectivity index (χ3v) is 1.62. The van der Waals surface area contributed by atoms with Gasteiger partial charge in [0.2, 0.25) is 0 Å². The molecule has 0 radical (unpaired) electrons. The summed E-state index contributed by atoms with van der Waals surface area (Å²) in [5, 5.41) is 2.39. The van der Waals surface area contributed by atoms with E-state index in [4.69, 9.17) is 0 Å². The molecule has 82 valence electrons. The summed E-state index contributed by atoms with van der Waals surface area (Å²) in [6.45, 7) is -0.502. The maximum atomic E-state index is 11.9. The summed E-state index contributed by atoms with van der Waals surface area (Å²) in [4.78, 5) is 14.9. The van der Waals surface area contributed by atoms with Crippen molar-refractivity contribution in [2.75, 3.05) is 19.0 Å². The Hall–Kier alpha value is -1.72. The zero-order chi connectivity index (χ0) is 11.3. The molecule has 6 heteroatoms. The summed E-state index contributed by atoms with van der Waals surface area (Å²) in [5.74, 6) is -0.310. The Morgan fingerprint density at radius 1 is 1.67 bits per heavy atom. The first-order valence-corrected chi connectivity index (χ1v) is 4.20.